The van der Waals surface area contributed by atoms with Gasteiger partial charge in [0.2, 0.25) is 0 Å². The molecule has 2 heterocycles. The Morgan fingerprint density at radius 1 is 0.600 bits per heavy atom. The van der Waals surface area contributed by atoms with Crippen molar-refractivity contribution in [2.24, 2.45) is 0 Å². The molecule has 0 bridgehead atoms. The van der Waals surface area contributed by atoms with Crippen LogP contribution in [0.15, 0.2) is 79.0 Å². The van der Waals surface area contributed by atoms with E-state index in [9.17, 15) is 0 Å². The molecule has 6 rings (SSSR count). The summed E-state index contributed by atoms with van der Waals surface area (Å²) in [6.07, 6.45) is 2.11. The minimum Gasteiger partial charge on any atom is -0.292 e. The maximum absolute atomic E-state index is 5.16. The molecule has 6 aromatic rings. The Morgan fingerprint density at radius 2 is 1.25 bits per heavy atom. The second-order valence-corrected chi connectivity index (χ2v) is 12.4. The van der Waals surface area contributed by atoms with Crippen molar-refractivity contribution in [3.63, 3.8) is 0 Å². The average molecular weight is 525 g/mol. The first kappa shape index (κ1) is 26.3. The number of fused-ring (bicyclic) bond motifs is 6. The van der Waals surface area contributed by atoms with E-state index in [1.54, 1.807) is 0 Å². The summed E-state index contributed by atoms with van der Waals surface area (Å²) in [7, 11) is 0. The lowest BCUT2D eigenvalue weighted by Gasteiger charge is -2.23. The highest BCUT2D eigenvalue weighted by molar-refractivity contribution is 6.18. The minimum atomic E-state index is 0.402. The molecule has 0 atom stereocenters. The third-order valence-electron chi connectivity index (χ3n) is 8.67. The molecular formula is C38H40N2. The molecule has 2 nitrogen and oxygen atoms in total. The van der Waals surface area contributed by atoms with Gasteiger partial charge in [0.15, 0.2) is 0 Å². The predicted molar refractivity (Wildman–Crippen MR) is 173 cm³/mol. The van der Waals surface area contributed by atoms with E-state index < -0.39 is 0 Å². The van der Waals surface area contributed by atoms with E-state index in [1.807, 2.05) is 0 Å². The third-order valence-corrected chi connectivity index (χ3v) is 8.67. The Morgan fingerprint density at radius 3 is 1.93 bits per heavy atom. The van der Waals surface area contributed by atoms with Gasteiger partial charge in [0.25, 0.3) is 0 Å². The first-order chi connectivity index (χ1) is 19.2. The van der Waals surface area contributed by atoms with Crippen molar-refractivity contribution in [1.82, 2.24) is 9.38 Å². The smallest absolute Gasteiger partial charge is 0.145 e. The Labute approximate surface area is 238 Å². The average Bonchev–Trinajstić information content (AvgIpc) is 3.39. The van der Waals surface area contributed by atoms with Crippen LogP contribution in [0.1, 0.15) is 87.1 Å². The minimum absolute atomic E-state index is 0.402. The molecule has 0 saturated carbocycles. The number of nitrogens with zero attached hydrogens (tertiary/aromatic N) is 2. The number of hydrogen-bond acceptors (Lipinski definition) is 1. The largest absolute Gasteiger partial charge is 0.292 e. The molecule has 0 saturated heterocycles. The van der Waals surface area contributed by atoms with E-state index >= 15 is 0 Å². The highest BCUT2D eigenvalue weighted by atomic mass is 15.0. The Hall–Kier alpha value is -3.91. The summed E-state index contributed by atoms with van der Waals surface area (Å²) in [5.41, 5.74) is 14.1. The van der Waals surface area contributed by atoms with Crippen LogP contribution in [0, 0.1) is 13.8 Å². The van der Waals surface area contributed by atoms with Gasteiger partial charge in [-0.05, 0) is 88.7 Å². The Balaban J connectivity index is 1.79. The second kappa shape index (κ2) is 9.93. The van der Waals surface area contributed by atoms with E-state index in [4.69, 9.17) is 4.98 Å². The van der Waals surface area contributed by atoms with Crippen molar-refractivity contribution >= 4 is 27.3 Å². The zero-order chi connectivity index (χ0) is 28.3. The van der Waals surface area contributed by atoms with Crippen LogP contribution in [0.25, 0.3) is 49.7 Å². The fourth-order valence-corrected chi connectivity index (χ4v) is 6.40. The molecule has 0 amide bonds. The summed E-state index contributed by atoms with van der Waals surface area (Å²) >= 11 is 0. The molecule has 40 heavy (non-hydrogen) atoms. The molecule has 2 aromatic heterocycles. The number of aryl methyl sites for hydroxylation is 2. The molecule has 0 aliphatic carbocycles. The molecule has 2 heteroatoms. The summed E-state index contributed by atoms with van der Waals surface area (Å²) in [4.78, 5) is 5.16. The van der Waals surface area contributed by atoms with E-state index in [1.165, 1.54) is 71.9 Å². The lowest BCUT2D eigenvalue weighted by molar-refractivity contribution is 0.778. The van der Waals surface area contributed by atoms with Crippen LogP contribution >= 0.6 is 0 Å². The van der Waals surface area contributed by atoms with Crippen molar-refractivity contribution in [2.75, 3.05) is 0 Å². The van der Waals surface area contributed by atoms with Gasteiger partial charge in [0.05, 0.1) is 17.4 Å². The number of aromatic nitrogens is 2. The standard InChI is InChI=1S/C38H40N2/c1-22(2)30-19-32(24(5)6)33(20-31(30)23(3)4)36-21-39-38-29-16-12-15-28(27-13-10-9-11-14-27)37(29)34-17-25(7)26(8)18-35(34)40(36)38/h9-24H,1-8H3. The van der Waals surface area contributed by atoms with Gasteiger partial charge in [-0.15, -0.1) is 0 Å². The van der Waals surface area contributed by atoms with Gasteiger partial charge in [0, 0.05) is 21.7 Å². The summed E-state index contributed by atoms with van der Waals surface area (Å²) in [5.74, 6) is 1.34. The van der Waals surface area contributed by atoms with Crippen LogP contribution in [0.4, 0.5) is 0 Å². The first-order valence-corrected chi connectivity index (χ1v) is 14.7. The molecule has 0 unspecified atom stereocenters. The molecule has 0 radical (unpaired) electrons. The number of benzene rings is 4. The maximum Gasteiger partial charge on any atom is 0.145 e. The Bertz CT molecular complexity index is 1880. The van der Waals surface area contributed by atoms with Crippen LogP contribution in [0.2, 0.25) is 0 Å². The maximum atomic E-state index is 5.16. The summed E-state index contributed by atoms with van der Waals surface area (Å²) in [6, 6.07) is 27.1. The molecule has 0 N–H and O–H groups in total. The van der Waals surface area contributed by atoms with Crippen LogP contribution in [0.5, 0.6) is 0 Å². The molecule has 0 fully saturated rings. The monoisotopic (exact) mass is 524 g/mol. The molecular weight excluding hydrogens is 484 g/mol. The lowest BCUT2D eigenvalue weighted by atomic mass is 9.83. The van der Waals surface area contributed by atoms with E-state index in [0.717, 1.165) is 5.65 Å². The summed E-state index contributed by atoms with van der Waals surface area (Å²) < 4.78 is 2.43. The first-order valence-electron chi connectivity index (χ1n) is 14.7. The zero-order valence-electron chi connectivity index (χ0n) is 25.1. The van der Waals surface area contributed by atoms with Crippen LogP contribution in [-0.4, -0.2) is 9.38 Å². The zero-order valence-corrected chi connectivity index (χ0v) is 25.1. The summed E-state index contributed by atoms with van der Waals surface area (Å²) in [6.45, 7) is 18.3. The van der Waals surface area contributed by atoms with Crippen LogP contribution in [-0.2, 0) is 0 Å². The van der Waals surface area contributed by atoms with Gasteiger partial charge in [0.1, 0.15) is 5.65 Å². The van der Waals surface area contributed by atoms with Crippen LogP contribution < -0.4 is 0 Å². The van der Waals surface area contributed by atoms with Crippen molar-refractivity contribution in [1.29, 1.82) is 0 Å². The second-order valence-electron chi connectivity index (χ2n) is 12.4. The number of pyridine rings is 1. The number of rotatable bonds is 5. The van der Waals surface area contributed by atoms with Gasteiger partial charge < -0.3 is 0 Å². The van der Waals surface area contributed by atoms with Crippen molar-refractivity contribution in [3.05, 3.63) is 107 Å². The van der Waals surface area contributed by atoms with Gasteiger partial charge >= 0.3 is 0 Å². The van der Waals surface area contributed by atoms with Crippen molar-refractivity contribution < 1.29 is 0 Å². The van der Waals surface area contributed by atoms with E-state index in [2.05, 4.69) is 139 Å². The SMILES string of the molecule is Cc1cc2c3c(-c4ccccc4)cccc3c3ncc(-c4cc(C(C)C)c(C(C)C)cc4C(C)C)n3c2cc1C. The van der Waals surface area contributed by atoms with Crippen molar-refractivity contribution in [3.8, 4) is 22.4 Å². The van der Waals surface area contributed by atoms with Crippen LogP contribution in [0.3, 0.4) is 0 Å². The quantitative estimate of drug-likeness (QED) is 0.205. The fourth-order valence-electron chi connectivity index (χ4n) is 6.40. The molecule has 0 aliphatic rings. The number of hydrogen-bond donors (Lipinski definition) is 0. The lowest BCUT2D eigenvalue weighted by Crippen LogP contribution is -2.05. The van der Waals surface area contributed by atoms with E-state index in [-0.39, 0.29) is 0 Å². The topological polar surface area (TPSA) is 17.3 Å². The highest BCUT2D eigenvalue weighted by Gasteiger charge is 2.22. The highest BCUT2D eigenvalue weighted by Crippen LogP contribution is 2.42. The fraction of sp³-hybridized carbons (Fsp3) is 0.289. The Kier molecular flexibility index (Phi) is 6.53. The van der Waals surface area contributed by atoms with Gasteiger partial charge in [-0.1, -0.05) is 96.1 Å². The molecule has 0 aliphatic heterocycles. The molecule has 202 valence electrons. The van der Waals surface area contributed by atoms with Gasteiger partial charge in [-0.2, -0.15) is 0 Å². The third kappa shape index (κ3) is 4.13. The normalized spacial score (nSPS) is 12.2. The molecule has 0 spiro atoms. The number of imidazole rings is 1. The van der Waals surface area contributed by atoms with E-state index in [0.29, 0.717) is 17.8 Å². The predicted octanol–water partition coefficient (Wildman–Crippen LogP) is 11.0. The molecule has 4 aromatic carbocycles. The van der Waals surface area contributed by atoms with Crippen molar-refractivity contribution in [2.45, 2.75) is 73.1 Å². The van der Waals surface area contributed by atoms with Gasteiger partial charge in [-0.3, -0.25) is 4.40 Å². The summed E-state index contributed by atoms with van der Waals surface area (Å²) in [5, 5.41) is 3.74. The van der Waals surface area contributed by atoms with Gasteiger partial charge in [-0.25, -0.2) is 4.98 Å².